The monoisotopic (exact) mass is 453 g/mol. The summed E-state index contributed by atoms with van der Waals surface area (Å²) in [6.45, 7) is 0. The minimum absolute atomic E-state index is 0.0594. The van der Waals surface area contributed by atoms with Crippen molar-refractivity contribution >= 4 is 16.9 Å². The molecule has 1 aromatic heterocycles. The third-order valence-corrected chi connectivity index (χ3v) is 4.59. The zero-order chi connectivity index (χ0) is 24.1. The van der Waals surface area contributed by atoms with Crippen LogP contribution in [-0.2, 0) is 0 Å². The molecule has 0 atom stereocenters. The van der Waals surface area contributed by atoms with Gasteiger partial charge in [0.25, 0.3) is 0 Å². The summed E-state index contributed by atoms with van der Waals surface area (Å²) < 4.78 is 15.8. The highest BCUT2D eigenvalue weighted by atomic mass is 16.5. The van der Waals surface area contributed by atoms with Crippen LogP contribution < -0.4 is 9.47 Å². The number of aromatic hydroxyl groups is 4. The number of aromatic carboxylic acids is 1. The van der Waals surface area contributed by atoms with Crippen molar-refractivity contribution in [3.8, 4) is 45.8 Å². The van der Waals surface area contributed by atoms with Gasteiger partial charge in [0, 0.05) is 24.3 Å². The van der Waals surface area contributed by atoms with Gasteiger partial charge in [-0.05, 0) is 12.1 Å². The summed E-state index contributed by atoms with van der Waals surface area (Å²) in [6, 6.07) is 15.0. The molecule has 0 fully saturated rings. The molecule has 0 saturated heterocycles. The van der Waals surface area contributed by atoms with Gasteiger partial charge in [-0.25, -0.2) is 9.21 Å². The Labute approximate surface area is 187 Å². The van der Waals surface area contributed by atoms with Crippen LogP contribution in [0.2, 0.25) is 0 Å². The summed E-state index contributed by atoms with van der Waals surface area (Å²) in [5.74, 6) is -1.37. The number of hydrogen-bond donors (Lipinski definition) is 5. The van der Waals surface area contributed by atoms with Gasteiger partial charge in [0.05, 0.1) is 31.4 Å². The molecule has 4 aromatic rings. The van der Waals surface area contributed by atoms with Crippen LogP contribution in [0.5, 0.6) is 34.5 Å². The van der Waals surface area contributed by atoms with E-state index in [1.54, 1.807) is 30.3 Å². The lowest BCUT2D eigenvalue weighted by Crippen LogP contribution is -1.93. The molecule has 0 amide bonds. The molecule has 33 heavy (non-hydrogen) atoms. The largest absolute Gasteiger partial charge is 0.507 e. The van der Waals surface area contributed by atoms with Gasteiger partial charge >= 0.3 is 17.3 Å². The van der Waals surface area contributed by atoms with Crippen molar-refractivity contribution in [2.45, 2.75) is 0 Å². The van der Waals surface area contributed by atoms with Crippen LogP contribution in [0.25, 0.3) is 22.3 Å². The highest BCUT2D eigenvalue weighted by Gasteiger charge is 2.26. The van der Waals surface area contributed by atoms with Gasteiger partial charge in [-0.1, -0.05) is 18.2 Å². The van der Waals surface area contributed by atoms with E-state index in [0.717, 1.165) is 6.07 Å². The fourth-order valence-electron chi connectivity index (χ4n) is 3.00. The number of methoxy groups -OCH3 is 2. The lowest BCUT2D eigenvalue weighted by Gasteiger charge is -2.09. The Morgan fingerprint density at radius 1 is 0.818 bits per heavy atom. The molecule has 0 bridgehead atoms. The van der Waals surface area contributed by atoms with Crippen LogP contribution in [-0.4, -0.2) is 45.7 Å². The van der Waals surface area contributed by atoms with Crippen molar-refractivity contribution in [1.29, 1.82) is 0 Å². The fourth-order valence-corrected chi connectivity index (χ4v) is 3.00. The van der Waals surface area contributed by atoms with Gasteiger partial charge in [-0.15, -0.1) is 0 Å². The van der Waals surface area contributed by atoms with Crippen LogP contribution in [0.4, 0.5) is 0 Å². The highest BCUT2D eigenvalue weighted by Crippen LogP contribution is 2.44. The van der Waals surface area contributed by atoms with Gasteiger partial charge in [-0.3, -0.25) is 0 Å². The molecule has 0 aliphatic carbocycles. The van der Waals surface area contributed by atoms with E-state index in [2.05, 4.69) is 0 Å². The zero-order valence-electron chi connectivity index (χ0n) is 17.6. The van der Waals surface area contributed by atoms with Crippen LogP contribution in [0, 0.1) is 0 Å². The van der Waals surface area contributed by atoms with E-state index < -0.39 is 5.97 Å². The summed E-state index contributed by atoms with van der Waals surface area (Å²) in [7, 11) is 2.76. The number of ether oxygens (including phenoxy) is 2. The Kier molecular flexibility index (Phi) is 6.73. The molecule has 0 spiro atoms. The van der Waals surface area contributed by atoms with E-state index in [4.69, 9.17) is 19.0 Å². The Hall–Kier alpha value is -4.66. The molecular weight excluding hydrogens is 432 g/mol. The molecule has 0 aliphatic heterocycles. The quantitative estimate of drug-likeness (QED) is 0.279. The SMILES string of the molecule is COc1cc(-c2[o+]c3cc(O)cc(O)c3cc2O)cc(OC)c1O.O=C(O)c1ccccc1. The van der Waals surface area contributed by atoms with Crippen LogP contribution in [0.3, 0.4) is 0 Å². The van der Waals surface area contributed by atoms with E-state index in [1.165, 1.54) is 38.5 Å². The minimum atomic E-state index is -0.879. The van der Waals surface area contributed by atoms with Crippen molar-refractivity contribution in [3.63, 3.8) is 0 Å². The predicted molar refractivity (Wildman–Crippen MR) is 119 cm³/mol. The van der Waals surface area contributed by atoms with Gasteiger partial charge in [0.2, 0.25) is 11.5 Å². The summed E-state index contributed by atoms with van der Waals surface area (Å²) in [4.78, 5) is 10.2. The second kappa shape index (κ2) is 9.65. The number of rotatable bonds is 4. The Balaban J connectivity index is 0.000000286. The van der Waals surface area contributed by atoms with Gasteiger partial charge in [0.1, 0.15) is 16.9 Å². The number of phenols is 3. The number of carboxylic acid groups (broad SMARTS) is 1. The maximum Gasteiger partial charge on any atom is 0.402 e. The molecule has 0 aliphatic rings. The first-order valence-corrected chi connectivity index (χ1v) is 9.50. The Bertz CT molecular complexity index is 1280. The first-order valence-electron chi connectivity index (χ1n) is 9.50. The number of phenolic OH excluding ortho intramolecular Hbond substituents is 3. The lowest BCUT2D eigenvalue weighted by atomic mass is 10.1. The molecule has 0 radical (unpaired) electrons. The molecule has 1 heterocycles. The average molecular weight is 453 g/mol. The highest BCUT2D eigenvalue weighted by molar-refractivity contribution is 5.89. The maximum atomic E-state index is 10.2. The Morgan fingerprint density at radius 3 is 1.94 bits per heavy atom. The zero-order valence-corrected chi connectivity index (χ0v) is 17.6. The van der Waals surface area contributed by atoms with Gasteiger partial charge in [-0.2, -0.15) is 0 Å². The first-order chi connectivity index (χ1) is 15.7. The topological polar surface area (TPSA) is 148 Å². The fraction of sp³-hybridized carbons (Fsp3) is 0.0833. The molecular formula is C24H21O9+. The van der Waals surface area contributed by atoms with E-state index in [9.17, 15) is 25.2 Å². The first kappa shape index (κ1) is 23.0. The van der Waals surface area contributed by atoms with E-state index >= 15 is 0 Å². The summed E-state index contributed by atoms with van der Waals surface area (Å²) in [5.41, 5.74) is 0.882. The smallest absolute Gasteiger partial charge is 0.402 e. The number of hydrogen-bond acceptors (Lipinski definition) is 7. The van der Waals surface area contributed by atoms with Gasteiger partial charge < -0.3 is 35.0 Å². The van der Waals surface area contributed by atoms with Crippen molar-refractivity contribution < 1.29 is 44.2 Å². The third kappa shape index (κ3) is 4.99. The van der Waals surface area contributed by atoms with Crippen molar-refractivity contribution in [1.82, 2.24) is 0 Å². The van der Waals surface area contributed by atoms with Crippen molar-refractivity contribution in [3.05, 3.63) is 66.2 Å². The molecule has 5 N–H and O–H groups in total. The average Bonchev–Trinajstić information content (AvgIpc) is 2.80. The van der Waals surface area contributed by atoms with Gasteiger partial charge in [0.15, 0.2) is 11.5 Å². The molecule has 9 heteroatoms. The van der Waals surface area contributed by atoms with E-state index in [1.807, 2.05) is 0 Å². The minimum Gasteiger partial charge on any atom is -0.507 e. The molecule has 0 unspecified atom stereocenters. The van der Waals surface area contributed by atoms with Crippen LogP contribution in [0.15, 0.2) is 65.1 Å². The second-order valence-corrected chi connectivity index (χ2v) is 6.74. The van der Waals surface area contributed by atoms with Crippen LogP contribution in [0.1, 0.15) is 10.4 Å². The lowest BCUT2D eigenvalue weighted by molar-refractivity contribution is 0.0697. The van der Waals surface area contributed by atoms with Crippen LogP contribution >= 0.6 is 0 Å². The molecule has 170 valence electrons. The Morgan fingerprint density at radius 2 is 1.42 bits per heavy atom. The molecule has 0 saturated carbocycles. The molecule has 4 rings (SSSR count). The van der Waals surface area contributed by atoms with Crippen molar-refractivity contribution in [2.75, 3.05) is 14.2 Å². The maximum absolute atomic E-state index is 10.2. The second-order valence-electron chi connectivity index (χ2n) is 6.74. The van der Waals surface area contributed by atoms with Crippen molar-refractivity contribution in [2.24, 2.45) is 0 Å². The molecule has 3 aromatic carbocycles. The van der Waals surface area contributed by atoms with E-state index in [-0.39, 0.29) is 51.2 Å². The number of carboxylic acids is 1. The number of carbonyl (C=O) groups is 1. The standard InChI is InChI=1S/C17H14O7.C7H6O2/c1-22-14-3-8(4-15(23-2)16(14)21)17-12(20)7-10-11(19)5-9(18)6-13(10)24-17;8-7(9)6-4-2-1-3-5-6/h3-7H,1-2H3,(H3-,18,19,20,21);1-5H,(H,8,9)/p+1. The number of fused-ring (bicyclic) bond motifs is 1. The predicted octanol–water partition coefficient (Wildman–Crippen LogP) is 4.61. The van der Waals surface area contributed by atoms with E-state index in [0.29, 0.717) is 11.1 Å². The summed E-state index contributed by atoms with van der Waals surface area (Å²) >= 11 is 0. The normalized spacial score (nSPS) is 10.2. The summed E-state index contributed by atoms with van der Waals surface area (Å²) in [6.07, 6.45) is 0. The molecule has 9 nitrogen and oxygen atoms in total. The summed E-state index contributed by atoms with van der Waals surface area (Å²) in [5, 5.41) is 48.3. The number of benzene rings is 3. The third-order valence-electron chi connectivity index (χ3n) is 4.59.